The number of hydrogen-bond donors (Lipinski definition) is 1. The van der Waals surface area contributed by atoms with E-state index in [9.17, 15) is 14.4 Å². The number of Topliss-reactive ketones (excluding diaryl/α,β-unsaturated/α-hetero) is 1. The molecule has 7 heteroatoms. The third-order valence-electron chi connectivity index (χ3n) is 5.38. The number of nitrogens with one attached hydrogen (secondary N) is 1. The van der Waals surface area contributed by atoms with E-state index in [4.69, 9.17) is 9.47 Å². The second kappa shape index (κ2) is 11.6. The highest BCUT2D eigenvalue weighted by Crippen LogP contribution is 2.28. The summed E-state index contributed by atoms with van der Waals surface area (Å²) in [6, 6.07) is 10.8. The lowest BCUT2D eigenvalue weighted by atomic mass is 9.87. The Morgan fingerprint density at radius 3 is 2.45 bits per heavy atom. The van der Waals surface area contributed by atoms with Crippen molar-refractivity contribution in [1.82, 2.24) is 5.32 Å². The normalized spacial score (nSPS) is 18.2. The zero-order valence-corrected chi connectivity index (χ0v) is 18.6. The first-order chi connectivity index (χ1) is 15.1. The molecule has 1 amide bonds. The van der Waals surface area contributed by atoms with Gasteiger partial charge in [0.05, 0.1) is 23.5 Å². The van der Waals surface area contributed by atoms with E-state index < -0.39 is 0 Å². The van der Waals surface area contributed by atoms with Crippen LogP contribution in [0.1, 0.15) is 65.5 Å². The number of ether oxygens (including phenoxy) is 2. The molecule has 2 aromatic rings. The molecule has 0 radical (unpaired) electrons. The van der Waals surface area contributed by atoms with E-state index in [0.29, 0.717) is 36.4 Å². The molecule has 0 spiro atoms. The lowest BCUT2D eigenvalue weighted by Gasteiger charge is -2.27. The van der Waals surface area contributed by atoms with E-state index in [-0.39, 0.29) is 29.7 Å². The Morgan fingerprint density at radius 1 is 1.06 bits per heavy atom. The van der Waals surface area contributed by atoms with Gasteiger partial charge in [0.25, 0.3) is 5.91 Å². The van der Waals surface area contributed by atoms with Crippen molar-refractivity contribution in [2.24, 2.45) is 5.92 Å². The predicted molar refractivity (Wildman–Crippen MR) is 120 cm³/mol. The van der Waals surface area contributed by atoms with Crippen LogP contribution in [0.15, 0.2) is 41.8 Å². The average molecular weight is 444 g/mol. The maximum Gasteiger partial charge on any atom is 0.308 e. The fraction of sp³-hybridized carbons (Fsp3) is 0.458. The SMILES string of the molecule is CCOC(=O)C1CCC(Oc2ccc(C(=O)CCCNC(=O)c3cccs3)cc2)CC1. The zero-order valence-electron chi connectivity index (χ0n) is 17.8. The highest BCUT2D eigenvalue weighted by atomic mass is 32.1. The first-order valence-electron chi connectivity index (χ1n) is 10.8. The fourth-order valence-electron chi connectivity index (χ4n) is 3.68. The minimum absolute atomic E-state index is 0.0186. The summed E-state index contributed by atoms with van der Waals surface area (Å²) >= 11 is 1.40. The number of amides is 1. The molecule has 0 unspecified atom stereocenters. The van der Waals surface area contributed by atoms with Crippen molar-refractivity contribution in [3.8, 4) is 5.75 Å². The first-order valence-corrected chi connectivity index (χ1v) is 11.7. The van der Waals surface area contributed by atoms with Crippen molar-refractivity contribution in [3.63, 3.8) is 0 Å². The van der Waals surface area contributed by atoms with Gasteiger partial charge in [0.2, 0.25) is 0 Å². The smallest absolute Gasteiger partial charge is 0.308 e. The Bertz CT molecular complexity index is 855. The Balaban J connectivity index is 1.37. The summed E-state index contributed by atoms with van der Waals surface area (Å²) in [5, 5.41) is 4.70. The summed E-state index contributed by atoms with van der Waals surface area (Å²) in [4.78, 5) is 36.8. The molecule has 1 aromatic heterocycles. The number of carbonyl (C=O) groups excluding carboxylic acids is 3. The van der Waals surface area contributed by atoms with Crippen LogP contribution in [0.2, 0.25) is 0 Å². The topological polar surface area (TPSA) is 81.7 Å². The maximum atomic E-state index is 12.4. The van der Waals surface area contributed by atoms with Crippen molar-refractivity contribution in [1.29, 1.82) is 0 Å². The molecule has 1 aliphatic rings. The number of rotatable bonds is 10. The second-order valence-electron chi connectivity index (χ2n) is 7.63. The Labute approximate surface area is 186 Å². The van der Waals surface area contributed by atoms with Crippen LogP contribution in [0.4, 0.5) is 0 Å². The first kappa shape index (κ1) is 23.0. The van der Waals surface area contributed by atoms with Crippen molar-refractivity contribution in [2.45, 2.75) is 51.6 Å². The molecule has 1 fully saturated rings. The highest BCUT2D eigenvalue weighted by molar-refractivity contribution is 7.12. The van der Waals surface area contributed by atoms with Gasteiger partial charge in [0.15, 0.2) is 5.78 Å². The van der Waals surface area contributed by atoms with Crippen LogP contribution in [0, 0.1) is 5.92 Å². The fourth-order valence-corrected chi connectivity index (χ4v) is 4.32. The molecule has 0 bridgehead atoms. The van der Waals surface area contributed by atoms with Crippen molar-refractivity contribution >= 4 is 29.0 Å². The van der Waals surface area contributed by atoms with Crippen LogP contribution in [-0.2, 0) is 9.53 Å². The molecule has 3 rings (SSSR count). The maximum absolute atomic E-state index is 12.4. The van der Waals surface area contributed by atoms with Gasteiger partial charge in [-0.15, -0.1) is 11.3 Å². The van der Waals surface area contributed by atoms with E-state index in [0.717, 1.165) is 31.4 Å². The molecule has 0 aliphatic heterocycles. The molecule has 1 heterocycles. The van der Waals surface area contributed by atoms with Crippen LogP contribution in [0.5, 0.6) is 5.75 Å². The van der Waals surface area contributed by atoms with Gasteiger partial charge in [-0.1, -0.05) is 6.07 Å². The number of carbonyl (C=O) groups is 3. The number of esters is 1. The third-order valence-corrected chi connectivity index (χ3v) is 6.25. The average Bonchev–Trinajstić information content (AvgIpc) is 3.33. The standard InChI is InChI=1S/C24H29NO5S/c1-2-29-24(28)18-9-13-20(14-10-18)30-19-11-7-17(8-12-19)21(26)5-3-15-25-23(27)22-6-4-16-31-22/h4,6-8,11-12,16,18,20H,2-3,5,9-10,13-15H2,1H3,(H,25,27). The van der Waals surface area contributed by atoms with Crippen LogP contribution < -0.4 is 10.1 Å². The molecule has 31 heavy (non-hydrogen) atoms. The van der Waals surface area contributed by atoms with E-state index in [1.165, 1.54) is 11.3 Å². The Hall–Kier alpha value is -2.67. The van der Waals surface area contributed by atoms with E-state index in [1.807, 2.05) is 30.5 Å². The molecule has 6 nitrogen and oxygen atoms in total. The predicted octanol–water partition coefficient (Wildman–Crippen LogP) is 4.64. The van der Waals surface area contributed by atoms with Gasteiger partial charge in [-0.25, -0.2) is 0 Å². The number of ketones is 1. The summed E-state index contributed by atoms with van der Waals surface area (Å²) < 4.78 is 11.1. The van der Waals surface area contributed by atoms with Gasteiger partial charge in [0, 0.05) is 18.5 Å². The van der Waals surface area contributed by atoms with Crippen LogP contribution in [-0.4, -0.2) is 36.9 Å². The van der Waals surface area contributed by atoms with Crippen molar-refractivity contribution in [2.75, 3.05) is 13.2 Å². The van der Waals surface area contributed by atoms with Crippen LogP contribution in [0.3, 0.4) is 0 Å². The van der Waals surface area contributed by atoms with Crippen molar-refractivity contribution < 1.29 is 23.9 Å². The Kier molecular flexibility index (Phi) is 8.64. The van der Waals surface area contributed by atoms with E-state index in [2.05, 4.69) is 5.32 Å². The minimum Gasteiger partial charge on any atom is -0.490 e. The molecular weight excluding hydrogens is 414 g/mol. The van der Waals surface area contributed by atoms with Crippen LogP contribution in [0.25, 0.3) is 0 Å². The largest absolute Gasteiger partial charge is 0.490 e. The van der Waals surface area contributed by atoms with Crippen LogP contribution >= 0.6 is 11.3 Å². The van der Waals surface area contributed by atoms with Crippen molar-refractivity contribution in [3.05, 3.63) is 52.2 Å². The summed E-state index contributed by atoms with van der Waals surface area (Å²) in [5.74, 6) is 0.566. The zero-order chi connectivity index (χ0) is 22.1. The molecule has 166 valence electrons. The molecule has 1 aromatic carbocycles. The van der Waals surface area contributed by atoms with Gasteiger partial charge in [-0.05, 0) is 74.7 Å². The third kappa shape index (κ3) is 6.92. The minimum atomic E-state index is -0.102. The summed E-state index contributed by atoms with van der Waals surface area (Å²) in [6.45, 7) is 2.72. The van der Waals surface area contributed by atoms with E-state index >= 15 is 0 Å². The molecule has 1 saturated carbocycles. The van der Waals surface area contributed by atoms with Gasteiger partial charge in [0.1, 0.15) is 5.75 Å². The lowest BCUT2D eigenvalue weighted by molar-refractivity contribution is -0.149. The number of hydrogen-bond acceptors (Lipinski definition) is 6. The Morgan fingerprint density at radius 2 is 1.81 bits per heavy atom. The number of benzene rings is 1. The summed E-state index contributed by atoms with van der Waals surface area (Å²) in [6.07, 6.45) is 4.26. The lowest BCUT2D eigenvalue weighted by Crippen LogP contribution is -2.29. The van der Waals surface area contributed by atoms with Gasteiger partial charge in [-0.2, -0.15) is 0 Å². The summed E-state index contributed by atoms with van der Waals surface area (Å²) in [5.41, 5.74) is 0.642. The monoisotopic (exact) mass is 443 g/mol. The molecule has 1 N–H and O–H groups in total. The molecule has 0 atom stereocenters. The van der Waals surface area contributed by atoms with Gasteiger partial charge >= 0.3 is 5.97 Å². The molecule has 0 saturated heterocycles. The van der Waals surface area contributed by atoms with Gasteiger partial charge in [-0.3, -0.25) is 14.4 Å². The second-order valence-corrected chi connectivity index (χ2v) is 8.58. The highest BCUT2D eigenvalue weighted by Gasteiger charge is 2.28. The summed E-state index contributed by atoms with van der Waals surface area (Å²) in [7, 11) is 0. The number of thiophene rings is 1. The quantitative estimate of drug-likeness (QED) is 0.329. The van der Waals surface area contributed by atoms with E-state index in [1.54, 1.807) is 18.2 Å². The molecule has 1 aliphatic carbocycles. The molecular formula is C24H29NO5S. The van der Waals surface area contributed by atoms with Gasteiger partial charge < -0.3 is 14.8 Å².